The van der Waals surface area contributed by atoms with E-state index in [1.54, 1.807) is 0 Å². The lowest BCUT2D eigenvalue weighted by molar-refractivity contribution is -0.118. The largest absolute Gasteiger partial charge is 0.484 e. The molecular formula is C21H16N2O3. The fraction of sp³-hybridized carbons (Fsp3) is 0.0476. The first-order valence-electron chi connectivity index (χ1n) is 8.22. The Bertz CT molecular complexity index is 991. The van der Waals surface area contributed by atoms with E-state index in [2.05, 4.69) is 10.3 Å². The number of anilines is 1. The van der Waals surface area contributed by atoms with Gasteiger partial charge in [0.1, 0.15) is 11.3 Å². The molecule has 4 aromatic rings. The maximum atomic E-state index is 12.0. The number of carbonyl (C=O) groups excluding carboxylic acids is 1. The number of para-hydroxylation sites is 3. The topological polar surface area (TPSA) is 64.4 Å². The SMILES string of the molecule is O=C(COc1ccccc1)Nc1ccc(-c2nc3ccccc3o2)cc1. The predicted octanol–water partition coefficient (Wildman–Crippen LogP) is 4.51. The van der Waals surface area contributed by atoms with E-state index in [-0.39, 0.29) is 12.5 Å². The quantitative estimate of drug-likeness (QED) is 0.578. The Morgan fingerprint density at radius 1 is 0.923 bits per heavy atom. The summed E-state index contributed by atoms with van der Waals surface area (Å²) in [7, 11) is 0. The third-order valence-electron chi connectivity index (χ3n) is 3.82. The smallest absolute Gasteiger partial charge is 0.262 e. The molecular weight excluding hydrogens is 328 g/mol. The van der Waals surface area contributed by atoms with Gasteiger partial charge in [-0.3, -0.25) is 4.79 Å². The zero-order chi connectivity index (χ0) is 17.8. The first-order valence-corrected chi connectivity index (χ1v) is 8.22. The van der Waals surface area contributed by atoms with Crippen LogP contribution in [0.15, 0.2) is 83.3 Å². The van der Waals surface area contributed by atoms with Gasteiger partial charge in [0.05, 0.1) is 0 Å². The zero-order valence-electron chi connectivity index (χ0n) is 13.9. The molecule has 1 amide bonds. The van der Waals surface area contributed by atoms with Crippen molar-refractivity contribution < 1.29 is 13.9 Å². The summed E-state index contributed by atoms with van der Waals surface area (Å²) >= 11 is 0. The van der Waals surface area contributed by atoms with Gasteiger partial charge >= 0.3 is 0 Å². The van der Waals surface area contributed by atoms with Crippen molar-refractivity contribution in [3.05, 3.63) is 78.9 Å². The van der Waals surface area contributed by atoms with Crippen LogP contribution in [-0.2, 0) is 4.79 Å². The van der Waals surface area contributed by atoms with Crippen LogP contribution < -0.4 is 10.1 Å². The van der Waals surface area contributed by atoms with Crippen LogP contribution in [0.2, 0.25) is 0 Å². The summed E-state index contributed by atoms with van der Waals surface area (Å²) in [6.07, 6.45) is 0. The van der Waals surface area contributed by atoms with Gasteiger partial charge in [-0.1, -0.05) is 30.3 Å². The number of carbonyl (C=O) groups is 1. The minimum absolute atomic E-state index is 0.0447. The van der Waals surface area contributed by atoms with Crippen molar-refractivity contribution in [1.29, 1.82) is 0 Å². The number of aromatic nitrogens is 1. The Morgan fingerprint density at radius 3 is 2.42 bits per heavy atom. The summed E-state index contributed by atoms with van der Waals surface area (Å²) in [6, 6.07) is 24.2. The van der Waals surface area contributed by atoms with Crippen LogP contribution in [0.5, 0.6) is 5.75 Å². The molecule has 5 nitrogen and oxygen atoms in total. The lowest BCUT2D eigenvalue weighted by atomic mass is 10.2. The van der Waals surface area contributed by atoms with Crippen LogP contribution in [0.4, 0.5) is 5.69 Å². The molecule has 128 valence electrons. The maximum Gasteiger partial charge on any atom is 0.262 e. The van der Waals surface area contributed by atoms with Crippen LogP contribution in [-0.4, -0.2) is 17.5 Å². The van der Waals surface area contributed by atoms with Crippen molar-refractivity contribution in [2.24, 2.45) is 0 Å². The molecule has 0 atom stereocenters. The van der Waals surface area contributed by atoms with E-state index in [4.69, 9.17) is 9.15 Å². The number of amides is 1. The molecule has 3 aromatic carbocycles. The number of ether oxygens (including phenoxy) is 1. The first kappa shape index (κ1) is 15.9. The highest BCUT2D eigenvalue weighted by Crippen LogP contribution is 2.25. The second-order valence-electron chi connectivity index (χ2n) is 5.71. The molecule has 0 saturated carbocycles. The van der Waals surface area contributed by atoms with E-state index >= 15 is 0 Å². The van der Waals surface area contributed by atoms with Crippen molar-refractivity contribution >= 4 is 22.7 Å². The van der Waals surface area contributed by atoms with Gasteiger partial charge in [0.25, 0.3) is 5.91 Å². The molecule has 1 heterocycles. The first-order chi connectivity index (χ1) is 12.8. The highest BCUT2D eigenvalue weighted by Gasteiger charge is 2.08. The molecule has 1 N–H and O–H groups in total. The molecule has 5 heteroatoms. The summed E-state index contributed by atoms with van der Waals surface area (Å²) in [5.74, 6) is 0.994. The highest BCUT2D eigenvalue weighted by atomic mass is 16.5. The van der Waals surface area contributed by atoms with E-state index < -0.39 is 0 Å². The zero-order valence-corrected chi connectivity index (χ0v) is 13.9. The third kappa shape index (κ3) is 3.57. The van der Waals surface area contributed by atoms with Gasteiger partial charge in [0, 0.05) is 11.3 Å². The molecule has 0 radical (unpaired) electrons. The number of nitrogens with one attached hydrogen (secondary N) is 1. The van der Waals surface area contributed by atoms with Gasteiger partial charge in [-0.2, -0.15) is 0 Å². The van der Waals surface area contributed by atoms with E-state index in [0.29, 0.717) is 17.3 Å². The number of rotatable bonds is 5. The summed E-state index contributed by atoms with van der Waals surface area (Å²) in [4.78, 5) is 16.5. The molecule has 1 aromatic heterocycles. The maximum absolute atomic E-state index is 12.0. The Balaban J connectivity index is 1.40. The molecule has 0 aliphatic heterocycles. The van der Waals surface area contributed by atoms with Gasteiger partial charge in [-0.25, -0.2) is 4.98 Å². The summed E-state index contributed by atoms with van der Waals surface area (Å²) in [6.45, 7) is -0.0447. The molecule has 0 aliphatic rings. The van der Waals surface area contributed by atoms with Crippen molar-refractivity contribution in [2.75, 3.05) is 11.9 Å². The van der Waals surface area contributed by atoms with E-state index in [9.17, 15) is 4.79 Å². The second kappa shape index (κ2) is 7.11. The lowest BCUT2D eigenvalue weighted by Gasteiger charge is -2.07. The van der Waals surface area contributed by atoms with E-state index in [1.165, 1.54) is 0 Å². The normalized spacial score (nSPS) is 10.6. The Hall–Kier alpha value is -3.60. The van der Waals surface area contributed by atoms with Crippen molar-refractivity contribution in [3.63, 3.8) is 0 Å². The van der Waals surface area contributed by atoms with Crippen molar-refractivity contribution in [3.8, 4) is 17.2 Å². The predicted molar refractivity (Wildman–Crippen MR) is 100 cm³/mol. The lowest BCUT2D eigenvalue weighted by Crippen LogP contribution is -2.20. The minimum Gasteiger partial charge on any atom is -0.484 e. The van der Waals surface area contributed by atoms with Crippen LogP contribution in [0.1, 0.15) is 0 Å². The summed E-state index contributed by atoms with van der Waals surface area (Å²) in [5.41, 5.74) is 3.10. The third-order valence-corrected chi connectivity index (χ3v) is 3.82. The Kier molecular flexibility index (Phi) is 4.35. The minimum atomic E-state index is -0.219. The van der Waals surface area contributed by atoms with Crippen molar-refractivity contribution in [1.82, 2.24) is 4.98 Å². The summed E-state index contributed by atoms with van der Waals surface area (Å²) in [5, 5.41) is 2.80. The number of hydrogen-bond donors (Lipinski definition) is 1. The fourth-order valence-corrected chi connectivity index (χ4v) is 2.55. The van der Waals surface area contributed by atoms with Gasteiger partial charge in [0.2, 0.25) is 5.89 Å². The van der Waals surface area contributed by atoms with Crippen LogP contribution >= 0.6 is 0 Å². The number of fused-ring (bicyclic) bond motifs is 1. The average Bonchev–Trinajstić information content (AvgIpc) is 3.12. The summed E-state index contributed by atoms with van der Waals surface area (Å²) < 4.78 is 11.2. The molecule has 0 fully saturated rings. The molecule has 0 saturated heterocycles. The van der Waals surface area contributed by atoms with Crippen LogP contribution in [0.3, 0.4) is 0 Å². The van der Waals surface area contributed by atoms with E-state index in [0.717, 1.165) is 16.7 Å². The number of benzene rings is 3. The number of nitrogens with zero attached hydrogens (tertiary/aromatic N) is 1. The average molecular weight is 344 g/mol. The molecule has 0 unspecified atom stereocenters. The van der Waals surface area contributed by atoms with Gasteiger partial charge in [-0.15, -0.1) is 0 Å². The van der Waals surface area contributed by atoms with Crippen LogP contribution in [0.25, 0.3) is 22.6 Å². The molecule has 4 rings (SSSR count). The van der Waals surface area contributed by atoms with E-state index in [1.807, 2.05) is 78.9 Å². The molecule has 0 spiro atoms. The second-order valence-corrected chi connectivity index (χ2v) is 5.71. The monoisotopic (exact) mass is 344 g/mol. The number of hydrogen-bond acceptors (Lipinski definition) is 4. The fourth-order valence-electron chi connectivity index (χ4n) is 2.55. The Labute approximate surface area is 150 Å². The van der Waals surface area contributed by atoms with Gasteiger partial charge < -0.3 is 14.5 Å². The van der Waals surface area contributed by atoms with Gasteiger partial charge in [-0.05, 0) is 48.5 Å². The standard InChI is InChI=1S/C21H16N2O3/c24-20(14-25-17-6-2-1-3-7-17)22-16-12-10-15(11-13-16)21-23-18-8-4-5-9-19(18)26-21/h1-13H,14H2,(H,22,24). The number of oxazole rings is 1. The molecule has 26 heavy (non-hydrogen) atoms. The molecule has 0 bridgehead atoms. The Morgan fingerprint density at radius 2 is 1.65 bits per heavy atom. The van der Waals surface area contributed by atoms with Gasteiger partial charge in [0.15, 0.2) is 12.2 Å². The van der Waals surface area contributed by atoms with Crippen molar-refractivity contribution in [2.45, 2.75) is 0 Å². The molecule has 0 aliphatic carbocycles. The van der Waals surface area contributed by atoms with Crippen LogP contribution in [0, 0.1) is 0 Å². The highest BCUT2D eigenvalue weighted by molar-refractivity contribution is 5.92.